The summed E-state index contributed by atoms with van der Waals surface area (Å²) in [6.07, 6.45) is 1.78. The van der Waals surface area contributed by atoms with Crippen LogP contribution in [0.4, 0.5) is 0 Å². The predicted octanol–water partition coefficient (Wildman–Crippen LogP) is 1.12. The van der Waals surface area contributed by atoms with E-state index in [0.29, 0.717) is 4.67 Å². The van der Waals surface area contributed by atoms with Crippen molar-refractivity contribution in [1.29, 1.82) is 5.26 Å². The molecular weight excluding hydrogens is 382 g/mol. The van der Waals surface area contributed by atoms with E-state index >= 15 is 0 Å². The first-order valence-electron chi connectivity index (χ1n) is 7.25. The highest BCUT2D eigenvalue weighted by Gasteiger charge is 2.43. The number of hydrogen-bond acceptors (Lipinski definition) is 6. The molecule has 2 amide bonds. The van der Waals surface area contributed by atoms with Crippen LogP contribution in [0.25, 0.3) is 0 Å². The molecule has 8 nitrogen and oxygen atoms in total. The molecule has 0 aliphatic heterocycles. The van der Waals surface area contributed by atoms with Crippen LogP contribution in [0.3, 0.4) is 0 Å². The predicted molar refractivity (Wildman–Crippen MR) is 84.6 cm³/mol. The van der Waals surface area contributed by atoms with Gasteiger partial charge in [-0.25, -0.2) is 0 Å². The Kier molecular flexibility index (Phi) is 5.62. The lowest BCUT2D eigenvalue weighted by Crippen LogP contribution is -2.48. The van der Waals surface area contributed by atoms with Crippen LogP contribution in [0.1, 0.15) is 30.3 Å². The van der Waals surface area contributed by atoms with Gasteiger partial charge in [0.1, 0.15) is 12.1 Å². The molecule has 1 heterocycles. The van der Waals surface area contributed by atoms with Crippen molar-refractivity contribution in [3.63, 3.8) is 0 Å². The van der Waals surface area contributed by atoms with Gasteiger partial charge in [0.25, 0.3) is 11.8 Å². The van der Waals surface area contributed by atoms with Gasteiger partial charge in [-0.05, 0) is 53.7 Å². The Labute approximate surface area is 146 Å². The number of carbonyl (C=O) groups excluding carboxylic acids is 3. The third kappa shape index (κ3) is 4.83. The number of halogens is 1. The monoisotopic (exact) mass is 397 g/mol. The number of nitrogens with one attached hydrogen (secondary N) is 2. The van der Waals surface area contributed by atoms with E-state index < -0.39 is 36.5 Å². The highest BCUT2D eigenvalue weighted by atomic mass is 79.9. The summed E-state index contributed by atoms with van der Waals surface area (Å²) in [6.45, 7) is 0.736. The van der Waals surface area contributed by atoms with E-state index in [-0.39, 0.29) is 11.7 Å². The van der Waals surface area contributed by atoms with Gasteiger partial charge < -0.3 is 19.8 Å². The summed E-state index contributed by atoms with van der Waals surface area (Å²) in [7, 11) is 0. The summed E-state index contributed by atoms with van der Waals surface area (Å²) in [5.41, 5.74) is -0.940. The van der Waals surface area contributed by atoms with Crippen LogP contribution in [0.15, 0.2) is 21.2 Å². The summed E-state index contributed by atoms with van der Waals surface area (Å²) in [4.78, 5) is 35.0. The van der Waals surface area contributed by atoms with Gasteiger partial charge in [0.2, 0.25) is 0 Å². The van der Waals surface area contributed by atoms with Crippen LogP contribution >= 0.6 is 15.9 Å². The molecule has 1 aliphatic carbocycles. The topological polar surface area (TPSA) is 121 Å². The van der Waals surface area contributed by atoms with Crippen LogP contribution in [-0.2, 0) is 14.3 Å². The molecule has 0 aromatic carbocycles. The molecule has 1 aromatic heterocycles. The number of amides is 2. The van der Waals surface area contributed by atoms with Gasteiger partial charge in [0.15, 0.2) is 17.0 Å². The lowest BCUT2D eigenvalue weighted by Gasteiger charge is -2.22. The van der Waals surface area contributed by atoms with E-state index in [9.17, 15) is 14.4 Å². The minimum absolute atomic E-state index is 0.0432. The molecule has 2 N–H and O–H groups in total. The number of nitriles is 1. The smallest absolute Gasteiger partial charge is 0.325 e. The van der Waals surface area contributed by atoms with Crippen LogP contribution < -0.4 is 10.6 Å². The lowest BCUT2D eigenvalue weighted by atomic mass is 9.98. The second kappa shape index (κ2) is 7.49. The van der Waals surface area contributed by atoms with Crippen molar-refractivity contribution < 1.29 is 23.5 Å². The third-order valence-electron chi connectivity index (χ3n) is 3.58. The van der Waals surface area contributed by atoms with Gasteiger partial charge in [0, 0.05) is 0 Å². The van der Waals surface area contributed by atoms with Crippen molar-refractivity contribution >= 4 is 33.7 Å². The number of nitrogens with zero attached hydrogens (tertiary/aromatic N) is 1. The van der Waals surface area contributed by atoms with Gasteiger partial charge in [-0.2, -0.15) is 5.26 Å². The van der Waals surface area contributed by atoms with Crippen LogP contribution in [0, 0.1) is 17.2 Å². The molecule has 1 atom stereocenters. The fraction of sp³-hybridized carbons (Fsp3) is 0.467. The first kappa shape index (κ1) is 18.0. The summed E-state index contributed by atoms with van der Waals surface area (Å²) in [6, 6.07) is 5.06. The van der Waals surface area contributed by atoms with Crippen LogP contribution in [0.5, 0.6) is 0 Å². The molecule has 9 heteroatoms. The van der Waals surface area contributed by atoms with E-state index in [1.165, 1.54) is 6.07 Å². The van der Waals surface area contributed by atoms with Crippen molar-refractivity contribution in [2.75, 3.05) is 13.2 Å². The maximum Gasteiger partial charge on any atom is 0.325 e. The Bertz CT molecular complexity index is 692. The van der Waals surface area contributed by atoms with E-state index in [2.05, 4.69) is 32.6 Å². The van der Waals surface area contributed by atoms with Crippen LogP contribution in [0.2, 0.25) is 0 Å². The Morgan fingerprint density at radius 3 is 2.71 bits per heavy atom. The quantitative estimate of drug-likeness (QED) is 0.664. The first-order chi connectivity index (χ1) is 11.3. The number of hydrogen-bond donors (Lipinski definition) is 2. The maximum atomic E-state index is 11.8. The first-order valence-corrected chi connectivity index (χ1v) is 8.05. The molecule has 1 saturated carbocycles. The van der Waals surface area contributed by atoms with E-state index in [0.717, 1.165) is 12.8 Å². The highest BCUT2D eigenvalue weighted by molar-refractivity contribution is 9.10. The normalized spacial score (nSPS) is 15.7. The molecule has 0 radical (unpaired) electrons. The van der Waals surface area contributed by atoms with E-state index in [1.807, 2.05) is 0 Å². The second-order valence-electron chi connectivity index (χ2n) is 5.58. The average Bonchev–Trinajstić information content (AvgIpc) is 3.33. The van der Waals surface area contributed by atoms with Gasteiger partial charge in [-0.1, -0.05) is 0 Å². The fourth-order valence-corrected chi connectivity index (χ4v) is 2.39. The number of ether oxygens (including phenoxy) is 1. The molecular formula is C15H16BrN3O5. The molecule has 0 spiro atoms. The van der Waals surface area contributed by atoms with Gasteiger partial charge in [-0.3, -0.25) is 14.4 Å². The number of carbonyl (C=O) groups is 3. The van der Waals surface area contributed by atoms with Gasteiger partial charge in [0.05, 0.1) is 6.07 Å². The van der Waals surface area contributed by atoms with Crippen molar-refractivity contribution in [2.24, 2.45) is 5.92 Å². The molecule has 0 unspecified atom stereocenters. The largest absolute Gasteiger partial charge is 0.454 e. The molecule has 0 saturated heterocycles. The summed E-state index contributed by atoms with van der Waals surface area (Å²) in [5, 5.41) is 14.0. The Hall–Kier alpha value is -2.34. The average molecular weight is 398 g/mol. The zero-order chi connectivity index (χ0) is 17.7. The molecule has 1 fully saturated rings. The molecule has 0 bridgehead atoms. The molecule has 128 valence electrons. The van der Waals surface area contributed by atoms with Crippen molar-refractivity contribution in [1.82, 2.24) is 10.6 Å². The molecule has 2 rings (SSSR count). The lowest BCUT2D eigenvalue weighted by molar-refractivity contribution is -0.147. The van der Waals surface area contributed by atoms with Crippen molar-refractivity contribution in [3.05, 3.63) is 22.6 Å². The van der Waals surface area contributed by atoms with Gasteiger partial charge >= 0.3 is 5.97 Å². The minimum Gasteiger partial charge on any atom is -0.454 e. The molecule has 1 aliphatic rings. The van der Waals surface area contributed by atoms with Crippen molar-refractivity contribution in [2.45, 2.75) is 25.3 Å². The molecule has 1 aromatic rings. The SMILES string of the molecule is C[C@](C#N)(NC(=O)COC(=O)CNC(=O)c1ccc(Br)o1)C1CC1. The van der Waals surface area contributed by atoms with Crippen molar-refractivity contribution in [3.8, 4) is 6.07 Å². The van der Waals surface area contributed by atoms with Gasteiger partial charge in [-0.15, -0.1) is 0 Å². The summed E-state index contributed by atoms with van der Waals surface area (Å²) >= 11 is 3.06. The Balaban J connectivity index is 1.70. The standard InChI is InChI=1S/C15H16BrN3O5/c1-15(8-17,9-2-3-9)19-12(20)7-23-13(21)6-18-14(22)10-4-5-11(16)24-10/h4-5,9H,2-3,6-7H2,1H3,(H,18,22)(H,19,20)/t15-/m1/s1. The summed E-state index contributed by atoms with van der Waals surface area (Å²) < 4.78 is 10.2. The zero-order valence-electron chi connectivity index (χ0n) is 12.9. The Morgan fingerprint density at radius 1 is 1.46 bits per heavy atom. The maximum absolute atomic E-state index is 11.8. The Morgan fingerprint density at radius 2 is 2.17 bits per heavy atom. The highest BCUT2D eigenvalue weighted by Crippen LogP contribution is 2.39. The number of esters is 1. The van der Waals surface area contributed by atoms with Crippen LogP contribution in [-0.4, -0.2) is 36.5 Å². The number of furan rings is 1. The fourth-order valence-electron chi connectivity index (χ4n) is 2.08. The second-order valence-corrected chi connectivity index (χ2v) is 6.37. The van der Waals surface area contributed by atoms with E-state index in [1.54, 1.807) is 13.0 Å². The zero-order valence-corrected chi connectivity index (χ0v) is 14.5. The summed E-state index contributed by atoms with van der Waals surface area (Å²) in [5.74, 6) is -1.72. The number of rotatable bonds is 7. The third-order valence-corrected chi connectivity index (χ3v) is 4.01. The van der Waals surface area contributed by atoms with E-state index in [4.69, 9.17) is 14.4 Å². The minimum atomic E-state index is -0.940. The molecule has 24 heavy (non-hydrogen) atoms.